The minimum absolute atomic E-state index is 0.209. The fourth-order valence-electron chi connectivity index (χ4n) is 3.25. The van der Waals surface area contributed by atoms with E-state index in [4.69, 9.17) is 14.2 Å². The Labute approximate surface area is 158 Å². The van der Waals surface area contributed by atoms with E-state index in [1.54, 1.807) is 18.9 Å². The molecule has 1 amide bonds. The third-order valence-corrected chi connectivity index (χ3v) is 4.68. The normalized spacial score (nSPS) is 15.3. The number of aromatic nitrogens is 1. The zero-order chi connectivity index (χ0) is 19.6. The Bertz CT molecular complexity index is 858. The summed E-state index contributed by atoms with van der Waals surface area (Å²) in [5, 5.41) is 0. The van der Waals surface area contributed by atoms with Gasteiger partial charge in [-0.1, -0.05) is 19.1 Å². The molecule has 2 heterocycles. The van der Waals surface area contributed by atoms with E-state index in [0.29, 0.717) is 53.6 Å². The molecule has 7 nitrogen and oxygen atoms in total. The van der Waals surface area contributed by atoms with Crippen molar-refractivity contribution in [2.45, 2.75) is 26.4 Å². The predicted octanol–water partition coefficient (Wildman–Crippen LogP) is 2.58. The Hall–Kier alpha value is -2.96. The third kappa shape index (κ3) is 3.63. The monoisotopic (exact) mass is 372 g/mol. The van der Waals surface area contributed by atoms with Crippen LogP contribution in [0.2, 0.25) is 0 Å². The molecule has 1 aromatic carbocycles. The van der Waals surface area contributed by atoms with Gasteiger partial charge in [-0.15, -0.1) is 0 Å². The molecule has 1 N–H and O–H groups in total. The molecule has 0 saturated carbocycles. The molecule has 1 unspecified atom stereocenters. The molecular formula is C20H24N2O5. The number of nitrogens with zero attached hydrogens (tertiary/aromatic N) is 1. The highest BCUT2D eigenvalue weighted by Crippen LogP contribution is 2.31. The summed E-state index contributed by atoms with van der Waals surface area (Å²) in [5.74, 6) is 0.730. The van der Waals surface area contributed by atoms with Gasteiger partial charge in [0, 0.05) is 12.7 Å². The third-order valence-electron chi connectivity index (χ3n) is 4.68. The van der Waals surface area contributed by atoms with Crippen LogP contribution < -0.4 is 9.47 Å². The molecule has 0 spiro atoms. The number of ether oxygens (including phenoxy) is 3. The zero-order valence-corrected chi connectivity index (χ0v) is 16.0. The maximum absolute atomic E-state index is 12.9. The Kier molecular flexibility index (Phi) is 5.39. The summed E-state index contributed by atoms with van der Waals surface area (Å²) >= 11 is 0. The van der Waals surface area contributed by atoms with Crippen LogP contribution in [0, 0.1) is 6.92 Å². The number of aromatic amines is 1. The number of carbonyl (C=O) groups is 2. The number of H-pyrrole nitrogens is 1. The van der Waals surface area contributed by atoms with Crippen molar-refractivity contribution in [3.8, 4) is 11.5 Å². The van der Waals surface area contributed by atoms with Gasteiger partial charge < -0.3 is 24.1 Å². The van der Waals surface area contributed by atoms with E-state index in [0.717, 1.165) is 0 Å². The van der Waals surface area contributed by atoms with Gasteiger partial charge in [-0.3, -0.25) is 4.79 Å². The maximum Gasteiger partial charge on any atom is 0.339 e. The van der Waals surface area contributed by atoms with E-state index in [9.17, 15) is 9.59 Å². The molecule has 1 atom stereocenters. The number of carbonyl (C=O) groups excluding carboxylic acids is 2. The van der Waals surface area contributed by atoms with E-state index >= 15 is 0 Å². The van der Waals surface area contributed by atoms with Crippen molar-refractivity contribution in [3.63, 3.8) is 0 Å². The minimum Gasteiger partial charge on any atom is -0.486 e. The molecule has 0 aliphatic carbocycles. The van der Waals surface area contributed by atoms with Gasteiger partial charge in [0.25, 0.3) is 5.91 Å². The summed E-state index contributed by atoms with van der Waals surface area (Å²) in [4.78, 5) is 29.6. The van der Waals surface area contributed by atoms with E-state index in [1.165, 1.54) is 7.11 Å². The number of benzene rings is 1. The van der Waals surface area contributed by atoms with Crippen molar-refractivity contribution in [1.29, 1.82) is 0 Å². The van der Waals surface area contributed by atoms with Crippen LogP contribution in [-0.2, 0) is 11.2 Å². The van der Waals surface area contributed by atoms with Crippen LogP contribution in [-0.4, -0.2) is 55.2 Å². The minimum atomic E-state index is -0.442. The smallest absolute Gasteiger partial charge is 0.339 e. The topological polar surface area (TPSA) is 80.9 Å². The first-order valence-electron chi connectivity index (χ1n) is 8.89. The number of methoxy groups -OCH3 is 1. The van der Waals surface area contributed by atoms with Crippen molar-refractivity contribution >= 4 is 11.9 Å². The lowest BCUT2D eigenvalue weighted by atomic mass is 10.1. The van der Waals surface area contributed by atoms with Crippen LogP contribution in [0.1, 0.15) is 39.0 Å². The van der Waals surface area contributed by atoms with Gasteiger partial charge in [0.1, 0.15) is 12.3 Å². The Balaban J connectivity index is 1.75. The number of aryl methyl sites for hydroxylation is 1. The van der Waals surface area contributed by atoms with Crippen molar-refractivity contribution < 1.29 is 23.8 Å². The first kappa shape index (κ1) is 18.8. The molecule has 0 saturated heterocycles. The number of hydrogen-bond acceptors (Lipinski definition) is 5. The van der Waals surface area contributed by atoms with Gasteiger partial charge in [-0.25, -0.2) is 4.79 Å². The highest BCUT2D eigenvalue weighted by atomic mass is 16.6. The van der Waals surface area contributed by atoms with E-state index < -0.39 is 5.97 Å². The number of likely N-dealkylation sites (N-methyl/N-ethyl adjacent to an activating group) is 1. The van der Waals surface area contributed by atoms with E-state index in [2.05, 4.69) is 4.98 Å². The Morgan fingerprint density at radius 3 is 2.67 bits per heavy atom. The number of hydrogen-bond donors (Lipinski definition) is 1. The van der Waals surface area contributed by atoms with Crippen molar-refractivity contribution in [2.24, 2.45) is 0 Å². The van der Waals surface area contributed by atoms with Crippen molar-refractivity contribution in [3.05, 3.63) is 46.8 Å². The molecular weight excluding hydrogens is 348 g/mol. The summed E-state index contributed by atoms with van der Waals surface area (Å²) < 4.78 is 16.5. The largest absolute Gasteiger partial charge is 0.486 e. The Morgan fingerprint density at radius 1 is 1.30 bits per heavy atom. The van der Waals surface area contributed by atoms with Crippen LogP contribution >= 0.6 is 0 Å². The molecule has 1 aliphatic heterocycles. The number of nitrogens with one attached hydrogen (secondary N) is 1. The molecule has 144 valence electrons. The zero-order valence-electron chi connectivity index (χ0n) is 16.0. The Morgan fingerprint density at radius 2 is 2.00 bits per heavy atom. The summed E-state index contributed by atoms with van der Waals surface area (Å²) in [6.45, 7) is 4.40. The molecule has 1 aliphatic rings. The van der Waals surface area contributed by atoms with E-state index in [1.807, 2.05) is 31.2 Å². The van der Waals surface area contributed by atoms with Crippen LogP contribution in [0.3, 0.4) is 0 Å². The SMILES string of the molecule is CCc1[nH]c(C(=O)N(C)CC2COc3ccccc3O2)c(C)c1C(=O)OC. The highest BCUT2D eigenvalue weighted by Gasteiger charge is 2.28. The molecule has 0 radical (unpaired) electrons. The summed E-state index contributed by atoms with van der Waals surface area (Å²) in [6, 6.07) is 7.46. The molecule has 0 bridgehead atoms. The molecule has 0 fully saturated rings. The molecule has 3 rings (SSSR count). The van der Waals surface area contributed by atoms with Crippen LogP contribution in [0.25, 0.3) is 0 Å². The predicted molar refractivity (Wildman–Crippen MR) is 99.6 cm³/mol. The maximum atomic E-state index is 12.9. The highest BCUT2D eigenvalue weighted by molar-refractivity contribution is 6.00. The van der Waals surface area contributed by atoms with Crippen molar-refractivity contribution in [2.75, 3.05) is 27.3 Å². The summed E-state index contributed by atoms with van der Waals surface area (Å²) in [6.07, 6.45) is 0.327. The van der Waals surface area contributed by atoms with Crippen LogP contribution in [0.4, 0.5) is 0 Å². The molecule has 2 aromatic rings. The van der Waals surface area contributed by atoms with Gasteiger partial charge in [0.05, 0.1) is 19.2 Å². The summed E-state index contributed by atoms with van der Waals surface area (Å²) in [7, 11) is 3.04. The second kappa shape index (κ2) is 7.73. The molecule has 7 heteroatoms. The first-order valence-corrected chi connectivity index (χ1v) is 8.89. The van der Waals surface area contributed by atoms with Gasteiger partial charge in [-0.05, 0) is 31.0 Å². The number of esters is 1. The van der Waals surface area contributed by atoms with Crippen LogP contribution in [0.5, 0.6) is 11.5 Å². The van der Waals surface area contributed by atoms with Gasteiger partial charge in [0.2, 0.25) is 0 Å². The summed E-state index contributed by atoms with van der Waals surface area (Å²) in [5.41, 5.74) is 2.12. The fourth-order valence-corrected chi connectivity index (χ4v) is 3.25. The second-order valence-electron chi connectivity index (χ2n) is 6.51. The fraction of sp³-hybridized carbons (Fsp3) is 0.400. The molecule has 1 aromatic heterocycles. The standard InChI is InChI=1S/C20H24N2O5/c1-5-14-17(20(24)25-4)12(2)18(21-14)19(23)22(3)10-13-11-26-15-8-6-7-9-16(15)27-13/h6-9,13,21H,5,10-11H2,1-4H3. The quantitative estimate of drug-likeness (QED) is 0.816. The second-order valence-corrected chi connectivity index (χ2v) is 6.51. The average molecular weight is 372 g/mol. The van der Waals surface area contributed by atoms with Gasteiger partial charge >= 0.3 is 5.97 Å². The molecule has 27 heavy (non-hydrogen) atoms. The van der Waals surface area contributed by atoms with E-state index in [-0.39, 0.29) is 12.0 Å². The van der Waals surface area contributed by atoms with Gasteiger partial charge in [0.15, 0.2) is 17.6 Å². The number of rotatable bonds is 5. The van der Waals surface area contributed by atoms with Gasteiger partial charge in [-0.2, -0.15) is 0 Å². The first-order chi connectivity index (χ1) is 13.0. The number of amides is 1. The number of para-hydroxylation sites is 2. The lowest BCUT2D eigenvalue weighted by Gasteiger charge is -2.29. The lowest BCUT2D eigenvalue weighted by Crippen LogP contribution is -2.42. The van der Waals surface area contributed by atoms with Crippen LogP contribution in [0.15, 0.2) is 24.3 Å². The number of fused-ring (bicyclic) bond motifs is 1. The van der Waals surface area contributed by atoms with Crippen molar-refractivity contribution in [1.82, 2.24) is 9.88 Å². The lowest BCUT2D eigenvalue weighted by molar-refractivity contribution is 0.0517. The average Bonchev–Trinajstić information content (AvgIpc) is 3.02.